The van der Waals surface area contributed by atoms with Gasteiger partial charge in [0.1, 0.15) is 28.0 Å². The largest absolute Gasteiger partial charge is 0.459 e. The predicted octanol–water partition coefficient (Wildman–Crippen LogP) is 14.4. The van der Waals surface area contributed by atoms with Crippen LogP contribution in [0.15, 0.2) is 0 Å². The molecule has 0 radical (unpaired) electrons. The van der Waals surface area contributed by atoms with Gasteiger partial charge in [-0.1, -0.05) is 39.5 Å². The number of carbonyl (C=O) groups excluding carboxylic acids is 5. The summed E-state index contributed by atoms with van der Waals surface area (Å²) in [6.07, 6.45) is 34.0. The number of hydrogen-bond acceptors (Lipinski definition) is 12. The van der Waals surface area contributed by atoms with Crippen LogP contribution in [0.25, 0.3) is 4.85 Å². The zero-order chi connectivity index (χ0) is 61.4. The Morgan fingerprint density at radius 3 is 1.03 bits per heavy atom. The summed E-state index contributed by atoms with van der Waals surface area (Å²) in [4.78, 5) is 60.2. The van der Waals surface area contributed by atoms with Crippen molar-refractivity contribution in [1.29, 1.82) is 0 Å². The molecule has 0 saturated heterocycles. The molecule has 0 aromatic carbocycles. The van der Waals surface area contributed by atoms with Crippen LogP contribution >= 0.6 is 0 Å². The van der Waals surface area contributed by atoms with Crippen molar-refractivity contribution in [3.05, 3.63) is 11.4 Å². The van der Waals surface area contributed by atoms with Gasteiger partial charge < -0.3 is 38.7 Å². The Hall–Kier alpha value is -3.24. The van der Waals surface area contributed by atoms with Crippen molar-refractivity contribution < 1.29 is 57.9 Å². The standard InChI is InChI=1S/C15H21NO2.C15H24O3.C15H24O2.C14H22O3.C14H22O2/c1-9(17)18-15(2)8-10-6-14(15)12-5-4-11(16-3)7-13(10)12;1-3-15(18-9(2)16)8-10-6-14(15)12-5-4-11(17)7-13(10)12;1-3-15(17-10(2)16)9-11-8-14(15)13-7-5-4-6-12(11)13;1-8(15)17-14(2)7-9-5-13(14)11-4-3-10(16)6-12(9)11;1-9(15)16-14(2)8-10-7-13(14)12-6-4-3-5-11(10)12/h10-14H,4-8H2,1-2H3;10-14,17H,3-8H2,1-2H3;11-14H,3-9H2,1-2H3;9-13,16H,3-7H2,1-2H3;10-13H,3-8H2,1-2H3. The van der Waals surface area contributed by atoms with Gasteiger partial charge in [0.2, 0.25) is 6.04 Å². The van der Waals surface area contributed by atoms with E-state index in [2.05, 4.69) is 39.5 Å². The first-order valence-electron chi connectivity index (χ1n) is 35.5. The van der Waals surface area contributed by atoms with Crippen molar-refractivity contribution in [2.75, 3.05) is 0 Å². The van der Waals surface area contributed by atoms with E-state index in [1.165, 1.54) is 104 Å². The smallest absolute Gasteiger partial charge is 0.303 e. The summed E-state index contributed by atoms with van der Waals surface area (Å²) in [5.41, 5.74) is -0.841. The molecule has 15 fully saturated rings. The van der Waals surface area contributed by atoms with Gasteiger partial charge in [0.05, 0.1) is 12.2 Å². The Bertz CT molecular complexity index is 2530. The number of aliphatic hydroxyl groups excluding tert-OH is 2. The number of nitrogens with zero attached hydrogens (tertiary/aromatic N) is 1. The molecule has 0 amide bonds. The molecule has 0 spiro atoms. The molecule has 15 aliphatic carbocycles. The lowest BCUT2D eigenvalue weighted by molar-refractivity contribution is -0.171. The van der Waals surface area contributed by atoms with Crippen LogP contribution in [0, 0.1) is 125 Å². The van der Waals surface area contributed by atoms with E-state index in [9.17, 15) is 34.2 Å². The third-order valence-electron chi connectivity index (χ3n) is 28.1. The maximum absolute atomic E-state index is 11.4. The second kappa shape index (κ2) is 25.1. The molecule has 0 aliphatic heterocycles. The molecule has 15 aliphatic rings. The molecular formula is C73H113NO12. The van der Waals surface area contributed by atoms with Crippen molar-refractivity contribution in [2.45, 2.75) is 302 Å². The van der Waals surface area contributed by atoms with Crippen LogP contribution in [0.5, 0.6) is 0 Å². The minimum absolute atomic E-state index is 0.0771. The van der Waals surface area contributed by atoms with E-state index in [1.807, 2.05) is 0 Å². The Balaban J connectivity index is 0.000000112. The minimum Gasteiger partial charge on any atom is -0.459 e. The SMILES string of the molecule is CC(=O)OC1(C)CC2CC1C1CCC(O)CC21.CC(=O)OC1(C)CC2CC1C1CCCCC21.CCC1(OC(C)=O)CC2CC1C1CCC(O)CC21.CCC1(OC(C)=O)CC2CC1C1CCCCC21.[C-]#[N+]C1CCC2C(C1)C1CC2C(C)(OC(C)=O)C1. The van der Waals surface area contributed by atoms with E-state index >= 15 is 0 Å². The fourth-order valence-electron chi connectivity index (χ4n) is 25.6. The molecule has 86 heavy (non-hydrogen) atoms. The van der Waals surface area contributed by atoms with Crippen molar-refractivity contribution in [3.63, 3.8) is 0 Å². The van der Waals surface area contributed by atoms with Gasteiger partial charge in [-0.25, -0.2) is 6.57 Å². The zero-order valence-electron chi connectivity index (χ0n) is 54.7. The molecule has 0 aromatic heterocycles. The Labute approximate surface area is 517 Å². The molecule has 15 rings (SSSR count). The highest BCUT2D eigenvalue weighted by molar-refractivity contribution is 5.68. The number of aliphatic hydroxyl groups is 2. The summed E-state index contributed by atoms with van der Waals surface area (Å²) in [5, 5.41) is 19.6. The summed E-state index contributed by atoms with van der Waals surface area (Å²) in [7, 11) is 0. The van der Waals surface area contributed by atoms with Gasteiger partial charge in [0.15, 0.2) is 0 Å². The third kappa shape index (κ3) is 12.1. The highest BCUT2D eigenvalue weighted by Gasteiger charge is 2.66. The summed E-state index contributed by atoms with van der Waals surface area (Å²) >= 11 is 0. The van der Waals surface area contributed by atoms with Crippen LogP contribution in [0.1, 0.15) is 255 Å². The number of ether oxygens (including phenoxy) is 5. The average Bonchev–Trinajstić information content (AvgIpc) is 1.65. The minimum atomic E-state index is -0.222. The summed E-state index contributed by atoms with van der Waals surface area (Å²) in [6.45, 7) is 25.6. The van der Waals surface area contributed by atoms with Crippen molar-refractivity contribution >= 4 is 29.8 Å². The summed E-state index contributed by atoms with van der Waals surface area (Å²) in [6, 6.07) is 0.255. The van der Waals surface area contributed by atoms with Gasteiger partial charge >= 0.3 is 29.8 Å². The number of hydrogen-bond donors (Lipinski definition) is 2. The number of esters is 5. The monoisotopic (exact) mass is 1200 g/mol. The van der Waals surface area contributed by atoms with Gasteiger partial charge in [-0.05, 0) is 257 Å². The molecule has 13 heteroatoms. The predicted molar refractivity (Wildman–Crippen MR) is 327 cm³/mol. The van der Waals surface area contributed by atoms with E-state index in [-0.39, 0.29) is 76.1 Å². The first-order chi connectivity index (χ1) is 40.8. The molecular weight excluding hydrogens is 1080 g/mol. The van der Waals surface area contributed by atoms with E-state index in [0.29, 0.717) is 76.9 Å². The summed E-state index contributed by atoms with van der Waals surface area (Å²) in [5.74, 6) is 13.9. The van der Waals surface area contributed by atoms with Gasteiger partial charge in [0, 0.05) is 77.0 Å². The van der Waals surface area contributed by atoms with Crippen molar-refractivity contribution in [2.24, 2.45) is 118 Å². The lowest BCUT2D eigenvalue weighted by Crippen LogP contribution is -2.47. The van der Waals surface area contributed by atoms with E-state index in [0.717, 1.165) is 144 Å². The quantitative estimate of drug-likeness (QED) is 0.140. The second-order valence-electron chi connectivity index (χ2n) is 32.5. The normalized spacial score (nSPS) is 50.0. The Morgan fingerprint density at radius 2 is 0.663 bits per heavy atom. The van der Waals surface area contributed by atoms with Crippen LogP contribution in [0.2, 0.25) is 0 Å². The molecule has 2 N–H and O–H groups in total. The van der Waals surface area contributed by atoms with Gasteiger partial charge in [0.25, 0.3) is 0 Å². The molecule has 10 bridgehead atoms. The van der Waals surface area contributed by atoms with Crippen LogP contribution in [0.3, 0.4) is 0 Å². The van der Waals surface area contributed by atoms with Crippen molar-refractivity contribution in [1.82, 2.24) is 0 Å². The molecule has 0 aromatic rings. The van der Waals surface area contributed by atoms with Gasteiger partial charge in [-0.3, -0.25) is 24.0 Å². The Kier molecular flexibility index (Phi) is 18.8. The first-order valence-corrected chi connectivity index (χ1v) is 35.5. The van der Waals surface area contributed by atoms with Crippen LogP contribution in [-0.4, -0.2) is 86.3 Å². The topological polar surface area (TPSA) is 176 Å². The highest BCUT2D eigenvalue weighted by atomic mass is 16.6. The lowest BCUT2D eigenvalue weighted by Gasteiger charge is -2.46. The second-order valence-corrected chi connectivity index (χ2v) is 32.5. The van der Waals surface area contributed by atoms with Crippen molar-refractivity contribution in [3.8, 4) is 0 Å². The molecule has 15 saturated carbocycles. The molecule has 482 valence electrons. The third-order valence-corrected chi connectivity index (χ3v) is 28.1. The number of carbonyl (C=O) groups is 5. The molecule has 28 atom stereocenters. The van der Waals surface area contributed by atoms with Crippen LogP contribution < -0.4 is 0 Å². The number of fused-ring (bicyclic) bond motifs is 25. The van der Waals surface area contributed by atoms with Gasteiger partial charge in [-0.2, -0.15) is 0 Å². The maximum Gasteiger partial charge on any atom is 0.303 e. The van der Waals surface area contributed by atoms with E-state index < -0.39 is 0 Å². The van der Waals surface area contributed by atoms with Gasteiger partial charge in [-0.15, -0.1) is 0 Å². The summed E-state index contributed by atoms with van der Waals surface area (Å²) < 4.78 is 28.4. The lowest BCUT2D eigenvalue weighted by atomic mass is 9.64. The van der Waals surface area contributed by atoms with E-state index in [4.69, 9.17) is 30.3 Å². The highest BCUT2D eigenvalue weighted by Crippen LogP contribution is 2.67. The van der Waals surface area contributed by atoms with Crippen LogP contribution in [0.4, 0.5) is 0 Å². The molecule has 0 heterocycles. The maximum atomic E-state index is 11.4. The molecule has 13 nitrogen and oxygen atoms in total. The first kappa shape index (κ1) is 64.3. The fourth-order valence-corrected chi connectivity index (χ4v) is 25.6. The average molecular weight is 1200 g/mol. The fraction of sp³-hybridized carbons (Fsp3) is 0.918. The molecule has 28 unspecified atom stereocenters. The number of rotatable bonds is 7. The van der Waals surface area contributed by atoms with E-state index in [1.54, 1.807) is 13.8 Å². The Morgan fingerprint density at radius 1 is 0.372 bits per heavy atom. The zero-order valence-corrected chi connectivity index (χ0v) is 54.7. The van der Waals surface area contributed by atoms with Crippen LogP contribution in [-0.2, 0) is 47.7 Å².